The molecule has 1 aromatic heterocycles. The zero-order valence-corrected chi connectivity index (χ0v) is 14.8. The highest BCUT2D eigenvalue weighted by atomic mass is 16.1. The molecule has 1 heterocycles. The Balaban J connectivity index is 1.45. The molecular formula is C23H19N3O. The van der Waals surface area contributed by atoms with Crippen molar-refractivity contribution < 1.29 is 4.79 Å². The van der Waals surface area contributed by atoms with E-state index in [2.05, 4.69) is 15.3 Å². The molecule has 0 bridgehead atoms. The second kappa shape index (κ2) is 7.79. The highest BCUT2D eigenvalue weighted by Gasteiger charge is 2.07. The average molecular weight is 353 g/mol. The molecule has 0 radical (unpaired) electrons. The number of carbonyl (C=O) groups excluding carboxylic acids is 1. The van der Waals surface area contributed by atoms with Crippen LogP contribution < -0.4 is 5.32 Å². The second-order valence-corrected chi connectivity index (χ2v) is 6.35. The number of fused-ring (bicyclic) bond motifs is 1. The minimum absolute atomic E-state index is 0.151. The lowest BCUT2D eigenvalue weighted by Crippen LogP contribution is -2.02. The van der Waals surface area contributed by atoms with Gasteiger partial charge in [-0.3, -0.25) is 4.79 Å². The fourth-order valence-electron chi connectivity index (χ4n) is 3.03. The fourth-order valence-corrected chi connectivity index (χ4v) is 3.03. The predicted molar refractivity (Wildman–Crippen MR) is 108 cm³/mol. The van der Waals surface area contributed by atoms with E-state index in [1.807, 2.05) is 78.9 Å². The van der Waals surface area contributed by atoms with Gasteiger partial charge >= 0.3 is 0 Å². The van der Waals surface area contributed by atoms with Crippen molar-refractivity contribution in [1.29, 1.82) is 0 Å². The summed E-state index contributed by atoms with van der Waals surface area (Å²) in [6.07, 6.45) is 2.81. The Labute approximate surface area is 157 Å². The van der Waals surface area contributed by atoms with Crippen LogP contribution in [-0.4, -0.2) is 15.8 Å². The van der Waals surface area contributed by atoms with Gasteiger partial charge in [0, 0.05) is 23.1 Å². The van der Waals surface area contributed by atoms with Gasteiger partial charge in [0.15, 0.2) is 5.78 Å². The minimum atomic E-state index is 0.151. The Kier molecular flexibility index (Phi) is 4.88. The van der Waals surface area contributed by atoms with Crippen LogP contribution in [0.4, 0.5) is 11.5 Å². The van der Waals surface area contributed by atoms with E-state index in [1.54, 1.807) is 6.33 Å². The predicted octanol–water partition coefficient (Wildman–Crippen LogP) is 5.19. The third kappa shape index (κ3) is 4.01. The van der Waals surface area contributed by atoms with Crippen LogP contribution in [0.3, 0.4) is 0 Å². The van der Waals surface area contributed by atoms with E-state index >= 15 is 0 Å². The lowest BCUT2D eigenvalue weighted by atomic mass is 10.0. The average Bonchev–Trinajstić information content (AvgIpc) is 2.74. The number of hydrogen-bond acceptors (Lipinski definition) is 4. The van der Waals surface area contributed by atoms with Crippen LogP contribution >= 0.6 is 0 Å². The summed E-state index contributed by atoms with van der Waals surface area (Å²) in [7, 11) is 0. The van der Waals surface area contributed by atoms with Gasteiger partial charge in [0.1, 0.15) is 12.1 Å². The van der Waals surface area contributed by atoms with E-state index < -0.39 is 0 Å². The number of aryl methyl sites for hydroxylation is 1. The van der Waals surface area contributed by atoms with Gasteiger partial charge in [0.2, 0.25) is 0 Å². The van der Waals surface area contributed by atoms with Crippen LogP contribution in [0.15, 0.2) is 85.2 Å². The second-order valence-electron chi connectivity index (χ2n) is 6.35. The molecule has 0 aliphatic carbocycles. The number of rotatable bonds is 6. The van der Waals surface area contributed by atoms with Gasteiger partial charge < -0.3 is 5.32 Å². The van der Waals surface area contributed by atoms with Crippen LogP contribution in [0, 0.1) is 0 Å². The molecule has 0 atom stereocenters. The van der Waals surface area contributed by atoms with Crippen molar-refractivity contribution in [3.8, 4) is 0 Å². The van der Waals surface area contributed by atoms with Crippen LogP contribution in [0.5, 0.6) is 0 Å². The maximum Gasteiger partial charge on any atom is 0.163 e. The summed E-state index contributed by atoms with van der Waals surface area (Å²) in [5.74, 6) is 0.904. The largest absolute Gasteiger partial charge is 0.340 e. The quantitative estimate of drug-likeness (QED) is 0.485. The lowest BCUT2D eigenvalue weighted by molar-refractivity contribution is 0.0983. The monoisotopic (exact) mass is 353 g/mol. The number of para-hydroxylation sites is 1. The van der Waals surface area contributed by atoms with Crippen molar-refractivity contribution >= 4 is 28.2 Å². The van der Waals surface area contributed by atoms with Crippen molar-refractivity contribution in [3.63, 3.8) is 0 Å². The first kappa shape index (κ1) is 16.9. The Morgan fingerprint density at radius 2 is 1.56 bits per heavy atom. The highest BCUT2D eigenvalue weighted by molar-refractivity contribution is 5.96. The minimum Gasteiger partial charge on any atom is -0.340 e. The summed E-state index contributed by atoms with van der Waals surface area (Å²) in [6, 6.07) is 25.5. The van der Waals surface area contributed by atoms with Crippen LogP contribution in [0.1, 0.15) is 22.3 Å². The van der Waals surface area contributed by atoms with Gasteiger partial charge in [0.05, 0.1) is 5.52 Å². The molecule has 0 spiro atoms. The first-order valence-electron chi connectivity index (χ1n) is 8.93. The molecule has 0 fully saturated rings. The van der Waals surface area contributed by atoms with Crippen LogP contribution in [0.25, 0.3) is 10.9 Å². The molecule has 3 aromatic carbocycles. The molecule has 0 aliphatic heterocycles. The smallest absolute Gasteiger partial charge is 0.163 e. The summed E-state index contributed by atoms with van der Waals surface area (Å²) in [5, 5.41) is 4.27. The number of anilines is 2. The van der Waals surface area contributed by atoms with E-state index in [0.29, 0.717) is 6.42 Å². The molecule has 0 unspecified atom stereocenters. The first-order valence-corrected chi connectivity index (χ1v) is 8.93. The molecule has 0 aliphatic rings. The van der Waals surface area contributed by atoms with Gasteiger partial charge in [0.25, 0.3) is 0 Å². The first-order chi connectivity index (χ1) is 13.3. The summed E-state index contributed by atoms with van der Waals surface area (Å²) >= 11 is 0. The van der Waals surface area contributed by atoms with Crippen molar-refractivity contribution in [2.45, 2.75) is 12.8 Å². The number of nitrogens with zero attached hydrogens (tertiary/aromatic N) is 2. The highest BCUT2D eigenvalue weighted by Crippen LogP contribution is 2.23. The number of benzene rings is 3. The van der Waals surface area contributed by atoms with E-state index in [1.165, 1.54) is 5.56 Å². The Morgan fingerprint density at radius 1 is 0.815 bits per heavy atom. The number of nitrogens with one attached hydrogen (secondary N) is 1. The number of hydrogen-bond donors (Lipinski definition) is 1. The van der Waals surface area contributed by atoms with Crippen LogP contribution in [-0.2, 0) is 6.42 Å². The summed E-state index contributed by atoms with van der Waals surface area (Å²) in [6.45, 7) is 0. The van der Waals surface area contributed by atoms with Gasteiger partial charge in [-0.25, -0.2) is 9.97 Å². The molecule has 0 saturated heterocycles. The van der Waals surface area contributed by atoms with Gasteiger partial charge in [-0.05, 0) is 48.4 Å². The Morgan fingerprint density at radius 3 is 2.37 bits per heavy atom. The molecule has 4 nitrogen and oxygen atoms in total. The van der Waals surface area contributed by atoms with Gasteiger partial charge in [-0.1, -0.05) is 42.5 Å². The van der Waals surface area contributed by atoms with E-state index in [-0.39, 0.29) is 5.78 Å². The third-order valence-corrected chi connectivity index (χ3v) is 4.50. The summed E-state index contributed by atoms with van der Waals surface area (Å²) in [4.78, 5) is 21.0. The van der Waals surface area contributed by atoms with E-state index in [9.17, 15) is 4.79 Å². The number of aromatic nitrogens is 2. The summed E-state index contributed by atoms with van der Waals surface area (Å²) in [5.41, 5.74) is 3.69. The molecule has 1 N–H and O–H groups in total. The number of ketones is 1. The summed E-state index contributed by atoms with van der Waals surface area (Å²) < 4.78 is 0. The maximum absolute atomic E-state index is 12.4. The van der Waals surface area contributed by atoms with Crippen LogP contribution in [0.2, 0.25) is 0 Å². The standard InChI is InChI=1S/C23H19N3O/c27-22(15-10-17-6-2-1-3-7-17)18-11-13-19(14-12-18)26-23-20-8-4-5-9-21(20)24-16-25-23/h1-9,11-14,16H,10,15H2,(H,24,25,26). The van der Waals surface area contributed by atoms with E-state index in [4.69, 9.17) is 0 Å². The zero-order chi connectivity index (χ0) is 18.5. The number of carbonyl (C=O) groups is 1. The lowest BCUT2D eigenvalue weighted by Gasteiger charge is -2.09. The van der Waals surface area contributed by atoms with Crippen molar-refractivity contribution in [1.82, 2.24) is 9.97 Å². The van der Waals surface area contributed by atoms with Gasteiger partial charge in [-0.15, -0.1) is 0 Å². The molecule has 4 aromatic rings. The SMILES string of the molecule is O=C(CCc1ccccc1)c1ccc(Nc2ncnc3ccccc23)cc1. The molecule has 0 saturated carbocycles. The maximum atomic E-state index is 12.4. The topological polar surface area (TPSA) is 54.9 Å². The van der Waals surface area contributed by atoms with Gasteiger partial charge in [-0.2, -0.15) is 0 Å². The van der Waals surface area contributed by atoms with E-state index in [0.717, 1.165) is 34.4 Å². The Bertz CT molecular complexity index is 1050. The number of Topliss-reactive ketones (excluding diaryl/α,β-unsaturated/α-hetero) is 1. The zero-order valence-electron chi connectivity index (χ0n) is 14.8. The molecule has 4 heteroatoms. The molecule has 27 heavy (non-hydrogen) atoms. The van der Waals surface area contributed by atoms with Crippen molar-refractivity contribution in [3.05, 3.63) is 96.3 Å². The normalized spacial score (nSPS) is 10.7. The van der Waals surface area contributed by atoms with Crippen molar-refractivity contribution in [2.75, 3.05) is 5.32 Å². The molecule has 132 valence electrons. The Hall–Kier alpha value is -3.53. The van der Waals surface area contributed by atoms with Crippen molar-refractivity contribution in [2.24, 2.45) is 0 Å². The third-order valence-electron chi connectivity index (χ3n) is 4.50. The molecule has 0 amide bonds. The molecule has 4 rings (SSSR count). The fraction of sp³-hybridized carbons (Fsp3) is 0.0870. The molecular weight excluding hydrogens is 334 g/mol.